The summed E-state index contributed by atoms with van der Waals surface area (Å²) in [6.07, 6.45) is -4.89. The van der Waals surface area contributed by atoms with Gasteiger partial charge >= 0.3 is 6.36 Å². The minimum atomic E-state index is -4.89. The van der Waals surface area contributed by atoms with Crippen molar-refractivity contribution >= 4 is 50.4 Å². The number of nitro benzene ring substituents is 1. The molecule has 1 amide bonds. The molecule has 0 saturated heterocycles. The highest BCUT2D eigenvalue weighted by atomic mass is 35.5. The fourth-order valence-corrected chi connectivity index (χ4v) is 4.91. The molecular formula is C25H19ClF3N3O5S. The summed E-state index contributed by atoms with van der Waals surface area (Å²) in [6, 6.07) is 12.9. The summed E-state index contributed by atoms with van der Waals surface area (Å²) in [5, 5.41) is 14.3. The number of hydrogen-bond acceptors (Lipinski definition) is 7. The van der Waals surface area contributed by atoms with Gasteiger partial charge in [-0.15, -0.1) is 24.5 Å². The van der Waals surface area contributed by atoms with Crippen molar-refractivity contribution in [3.63, 3.8) is 0 Å². The standard InChI is InChI=1S/C25H19ClF3N3O5S/c1-24(2,14-8-17(36-3)12-18(9-14)37-25(27,28)29)15-10-21(26)30-22(11-15)31-23(33)20-7-13-6-16(32(34)35)4-5-19(13)38-20/h4-12H,1-3H3,(H,30,31,33). The average molecular weight is 566 g/mol. The number of nitrogens with zero attached hydrogens (tertiary/aromatic N) is 2. The lowest BCUT2D eigenvalue weighted by Gasteiger charge is -2.27. The maximum Gasteiger partial charge on any atom is 0.573 e. The maximum atomic E-state index is 12.9. The average Bonchev–Trinajstić information content (AvgIpc) is 3.26. The van der Waals surface area contributed by atoms with Crippen molar-refractivity contribution in [3.05, 3.63) is 85.9 Å². The molecule has 2 aromatic heterocycles. The largest absolute Gasteiger partial charge is 0.573 e. The molecule has 8 nitrogen and oxygen atoms in total. The van der Waals surface area contributed by atoms with E-state index in [0.717, 1.165) is 17.4 Å². The van der Waals surface area contributed by atoms with Gasteiger partial charge < -0.3 is 14.8 Å². The van der Waals surface area contributed by atoms with Crippen LogP contribution in [-0.4, -0.2) is 29.3 Å². The van der Waals surface area contributed by atoms with E-state index in [9.17, 15) is 28.1 Å². The summed E-state index contributed by atoms with van der Waals surface area (Å²) in [7, 11) is 1.33. The van der Waals surface area contributed by atoms with Gasteiger partial charge in [0.25, 0.3) is 11.6 Å². The third-order valence-electron chi connectivity index (χ3n) is 5.76. The second-order valence-corrected chi connectivity index (χ2v) is 10.1. The second-order valence-electron chi connectivity index (χ2n) is 8.68. The third kappa shape index (κ3) is 5.97. The highest BCUT2D eigenvalue weighted by Crippen LogP contribution is 2.39. The molecule has 13 heteroatoms. The van der Waals surface area contributed by atoms with Crippen molar-refractivity contribution < 1.29 is 32.4 Å². The lowest BCUT2D eigenvalue weighted by atomic mass is 9.78. The number of amides is 1. The van der Waals surface area contributed by atoms with Crippen LogP contribution in [0.4, 0.5) is 24.7 Å². The zero-order valence-electron chi connectivity index (χ0n) is 20.1. The number of benzene rings is 2. The number of pyridine rings is 1. The van der Waals surface area contributed by atoms with Crippen LogP contribution in [0.15, 0.2) is 54.6 Å². The molecule has 4 rings (SSSR count). The van der Waals surface area contributed by atoms with E-state index in [-0.39, 0.29) is 22.4 Å². The van der Waals surface area contributed by atoms with Gasteiger partial charge in [-0.3, -0.25) is 14.9 Å². The molecule has 0 radical (unpaired) electrons. The molecule has 4 aromatic rings. The van der Waals surface area contributed by atoms with Crippen molar-refractivity contribution in [2.75, 3.05) is 12.4 Å². The van der Waals surface area contributed by atoms with E-state index in [1.54, 1.807) is 38.1 Å². The molecule has 0 aliphatic rings. The molecule has 0 fully saturated rings. The fraction of sp³-hybridized carbons (Fsp3) is 0.200. The van der Waals surface area contributed by atoms with Crippen LogP contribution in [0.1, 0.15) is 34.6 Å². The first-order valence-electron chi connectivity index (χ1n) is 10.9. The van der Waals surface area contributed by atoms with Crippen LogP contribution in [0, 0.1) is 10.1 Å². The number of fused-ring (bicyclic) bond motifs is 1. The Morgan fingerprint density at radius 3 is 2.39 bits per heavy atom. The van der Waals surface area contributed by atoms with Crippen molar-refractivity contribution in [1.82, 2.24) is 4.98 Å². The van der Waals surface area contributed by atoms with Crippen molar-refractivity contribution in [1.29, 1.82) is 0 Å². The smallest absolute Gasteiger partial charge is 0.497 e. The third-order valence-corrected chi connectivity index (χ3v) is 7.07. The van der Waals surface area contributed by atoms with Gasteiger partial charge in [-0.05, 0) is 47.5 Å². The number of carbonyl (C=O) groups is 1. The van der Waals surface area contributed by atoms with Gasteiger partial charge in [-0.25, -0.2) is 4.98 Å². The first-order chi connectivity index (χ1) is 17.7. The van der Waals surface area contributed by atoms with Crippen LogP contribution in [0.25, 0.3) is 10.1 Å². The van der Waals surface area contributed by atoms with Gasteiger partial charge in [0.1, 0.15) is 22.5 Å². The number of carbonyl (C=O) groups excluding carboxylic acids is 1. The zero-order chi connectivity index (χ0) is 27.8. The first kappa shape index (κ1) is 27.1. The number of alkyl halides is 3. The SMILES string of the molecule is COc1cc(OC(F)(F)F)cc(C(C)(C)c2cc(Cl)nc(NC(=O)c3cc4cc([N+](=O)[O-])ccc4s3)c2)c1. The minimum absolute atomic E-state index is 0.0486. The molecule has 0 spiro atoms. The molecule has 38 heavy (non-hydrogen) atoms. The Balaban J connectivity index is 1.65. The number of nitro groups is 1. The molecule has 2 aromatic carbocycles. The van der Waals surface area contributed by atoms with Gasteiger partial charge in [0.15, 0.2) is 0 Å². The number of hydrogen-bond donors (Lipinski definition) is 1. The number of rotatable bonds is 7. The Morgan fingerprint density at radius 2 is 1.74 bits per heavy atom. The molecule has 0 aliphatic carbocycles. The Bertz CT molecular complexity index is 1560. The second kappa shape index (κ2) is 10.1. The van der Waals surface area contributed by atoms with E-state index in [4.69, 9.17) is 16.3 Å². The van der Waals surface area contributed by atoms with Gasteiger partial charge in [0.05, 0.1) is 16.9 Å². The summed E-state index contributed by atoms with van der Waals surface area (Å²) in [6.45, 7) is 3.52. The summed E-state index contributed by atoms with van der Waals surface area (Å²) in [5.74, 6) is -0.676. The van der Waals surface area contributed by atoms with E-state index in [2.05, 4.69) is 15.0 Å². The van der Waals surface area contributed by atoms with Crippen molar-refractivity contribution in [3.8, 4) is 11.5 Å². The molecule has 0 unspecified atom stereocenters. The highest BCUT2D eigenvalue weighted by Gasteiger charge is 2.33. The van der Waals surface area contributed by atoms with Crippen LogP contribution in [0.2, 0.25) is 5.15 Å². The van der Waals surface area contributed by atoms with Crippen LogP contribution in [0.3, 0.4) is 0 Å². The van der Waals surface area contributed by atoms with Gasteiger partial charge in [0.2, 0.25) is 0 Å². The number of halogens is 4. The molecule has 0 atom stereocenters. The molecule has 2 heterocycles. The Kier molecular flexibility index (Phi) is 7.22. The number of non-ortho nitro benzene ring substituents is 1. The summed E-state index contributed by atoms with van der Waals surface area (Å²) >= 11 is 7.39. The molecule has 0 bridgehead atoms. The monoisotopic (exact) mass is 565 g/mol. The molecule has 0 saturated carbocycles. The van der Waals surface area contributed by atoms with Gasteiger partial charge in [-0.1, -0.05) is 25.4 Å². The quantitative estimate of drug-likeness (QED) is 0.143. The van der Waals surface area contributed by atoms with Crippen LogP contribution >= 0.6 is 22.9 Å². The van der Waals surface area contributed by atoms with E-state index >= 15 is 0 Å². The van der Waals surface area contributed by atoms with E-state index in [0.29, 0.717) is 26.1 Å². The molecular weight excluding hydrogens is 547 g/mol. The molecule has 0 aliphatic heterocycles. The Hall–Kier alpha value is -3.90. The van der Waals surface area contributed by atoms with Crippen LogP contribution < -0.4 is 14.8 Å². The van der Waals surface area contributed by atoms with Gasteiger partial charge in [-0.2, -0.15) is 0 Å². The Labute approximate surface area is 223 Å². The molecule has 198 valence electrons. The highest BCUT2D eigenvalue weighted by molar-refractivity contribution is 7.20. The number of nitrogens with one attached hydrogen (secondary N) is 1. The summed E-state index contributed by atoms with van der Waals surface area (Å²) < 4.78 is 48.5. The lowest BCUT2D eigenvalue weighted by Crippen LogP contribution is -2.22. The molecule has 1 N–H and O–H groups in total. The number of methoxy groups -OCH3 is 1. The predicted octanol–water partition coefficient (Wildman–Crippen LogP) is 7.34. The number of aromatic nitrogens is 1. The number of ether oxygens (including phenoxy) is 2. The van der Waals surface area contributed by atoms with E-state index < -0.39 is 28.4 Å². The number of thiophene rings is 1. The van der Waals surface area contributed by atoms with E-state index in [1.807, 2.05) is 0 Å². The van der Waals surface area contributed by atoms with Crippen molar-refractivity contribution in [2.45, 2.75) is 25.6 Å². The maximum absolute atomic E-state index is 12.9. The van der Waals surface area contributed by atoms with E-state index in [1.165, 1.54) is 31.4 Å². The van der Waals surface area contributed by atoms with Crippen LogP contribution in [0.5, 0.6) is 11.5 Å². The fourth-order valence-electron chi connectivity index (χ4n) is 3.77. The summed E-state index contributed by atoms with van der Waals surface area (Å²) in [4.78, 5) is 27.9. The van der Waals surface area contributed by atoms with Gasteiger partial charge in [0, 0.05) is 33.7 Å². The number of anilines is 1. The Morgan fingerprint density at radius 1 is 1.05 bits per heavy atom. The first-order valence-corrected chi connectivity index (χ1v) is 12.1. The summed E-state index contributed by atoms with van der Waals surface area (Å²) in [5.41, 5.74) is -0.0272. The lowest BCUT2D eigenvalue weighted by molar-refractivity contribution is -0.384. The van der Waals surface area contributed by atoms with Crippen LogP contribution in [-0.2, 0) is 5.41 Å². The topological polar surface area (TPSA) is 104 Å². The minimum Gasteiger partial charge on any atom is -0.497 e. The zero-order valence-corrected chi connectivity index (χ0v) is 21.6. The normalized spacial score (nSPS) is 11.9. The van der Waals surface area contributed by atoms with Crippen molar-refractivity contribution in [2.24, 2.45) is 0 Å². The predicted molar refractivity (Wildman–Crippen MR) is 137 cm³/mol.